The first kappa shape index (κ1) is 12.4. The van der Waals surface area contributed by atoms with Crippen LogP contribution in [0.2, 0.25) is 0 Å². The predicted molar refractivity (Wildman–Crippen MR) is 51.9 cm³/mol. The van der Waals surface area contributed by atoms with E-state index in [-0.39, 0.29) is 18.5 Å². The van der Waals surface area contributed by atoms with E-state index in [1.807, 2.05) is 0 Å². The highest BCUT2D eigenvalue weighted by atomic mass is 17.2. The van der Waals surface area contributed by atoms with Crippen LogP contribution in [0, 0.1) is 0 Å². The van der Waals surface area contributed by atoms with Gasteiger partial charge in [-0.05, 0) is 20.3 Å². The second-order valence-corrected chi connectivity index (χ2v) is 3.69. The highest BCUT2D eigenvalue weighted by molar-refractivity contribution is 5.69. The Morgan fingerprint density at radius 3 is 2.80 bits per heavy atom. The fourth-order valence-electron chi connectivity index (χ4n) is 1.36. The molecule has 0 aromatic heterocycles. The fraction of sp³-hybridized carbons (Fsp3) is 0.900. The van der Waals surface area contributed by atoms with E-state index >= 15 is 0 Å². The monoisotopic (exact) mass is 218 g/mol. The summed E-state index contributed by atoms with van der Waals surface area (Å²) in [5.74, 6) is -0.947. The van der Waals surface area contributed by atoms with Gasteiger partial charge in [0.15, 0.2) is 5.79 Å². The summed E-state index contributed by atoms with van der Waals surface area (Å²) in [4.78, 5) is 21.3. The third kappa shape index (κ3) is 3.77. The number of esters is 1. The number of rotatable bonds is 4. The Hall–Kier alpha value is -0.650. The summed E-state index contributed by atoms with van der Waals surface area (Å²) < 4.78 is 9.93. The fourth-order valence-corrected chi connectivity index (χ4v) is 1.36. The minimum Gasteiger partial charge on any atom is -0.466 e. The molecule has 1 aliphatic heterocycles. The summed E-state index contributed by atoms with van der Waals surface area (Å²) in [6.07, 6.45) is 1.43. The topological polar surface area (TPSA) is 54.0 Å². The van der Waals surface area contributed by atoms with Crippen LogP contribution in [0.25, 0.3) is 0 Å². The molecule has 1 aliphatic rings. The SMILES string of the molecule is CCOC(=O)CC1CCC(C)(OC)OO1. The first-order chi connectivity index (χ1) is 7.09. The molecule has 0 radical (unpaired) electrons. The van der Waals surface area contributed by atoms with Crippen molar-refractivity contribution in [3.8, 4) is 0 Å². The molecule has 5 heteroatoms. The van der Waals surface area contributed by atoms with Crippen molar-refractivity contribution in [2.24, 2.45) is 0 Å². The lowest BCUT2D eigenvalue weighted by Gasteiger charge is -2.34. The molecule has 2 atom stereocenters. The quantitative estimate of drug-likeness (QED) is 0.527. The van der Waals surface area contributed by atoms with Crippen molar-refractivity contribution >= 4 is 5.97 Å². The van der Waals surface area contributed by atoms with Crippen LogP contribution in [0.4, 0.5) is 0 Å². The Labute approximate surface area is 89.6 Å². The first-order valence-electron chi connectivity index (χ1n) is 5.15. The molecule has 0 N–H and O–H groups in total. The van der Waals surface area contributed by atoms with Crippen LogP contribution in [0.5, 0.6) is 0 Å². The summed E-state index contributed by atoms with van der Waals surface area (Å²) in [7, 11) is 1.56. The summed E-state index contributed by atoms with van der Waals surface area (Å²) in [5, 5.41) is 0. The molecule has 0 saturated carbocycles. The van der Waals surface area contributed by atoms with Crippen molar-refractivity contribution in [2.45, 2.75) is 45.0 Å². The van der Waals surface area contributed by atoms with Crippen LogP contribution in [0.15, 0.2) is 0 Å². The zero-order valence-corrected chi connectivity index (χ0v) is 9.45. The molecule has 1 saturated heterocycles. The van der Waals surface area contributed by atoms with Crippen LogP contribution in [0.3, 0.4) is 0 Å². The predicted octanol–water partition coefficient (Wildman–Crippen LogP) is 1.41. The highest BCUT2D eigenvalue weighted by Crippen LogP contribution is 2.28. The molecule has 5 nitrogen and oxygen atoms in total. The van der Waals surface area contributed by atoms with E-state index in [4.69, 9.17) is 19.2 Å². The molecule has 0 bridgehead atoms. The van der Waals surface area contributed by atoms with Gasteiger partial charge in [0.05, 0.1) is 13.0 Å². The number of methoxy groups -OCH3 is 1. The van der Waals surface area contributed by atoms with Gasteiger partial charge in [0.2, 0.25) is 0 Å². The van der Waals surface area contributed by atoms with E-state index in [0.29, 0.717) is 13.0 Å². The van der Waals surface area contributed by atoms with Gasteiger partial charge in [0.25, 0.3) is 0 Å². The summed E-state index contributed by atoms with van der Waals surface area (Å²) in [6, 6.07) is 0. The minimum atomic E-state index is -0.689. The van der Waals surface area contributed by atoms with E-state index in [2.05, 4.69) is 0 Å². The van der Waals surface area contributed by atoms with Gasteiger partial charge in [0, 0.05) is 13.5 Å². The molecule has 88 valence electrons. The van der Waals surface area contributed by atoms with Gasteiger partial charge >= 0.3 is 5.97 Å². The molecule has 15 heavy (non-hydrogen) atoms. The summed E-state index contributed by atoms with van der Waals surface area (Å²) in [6.45, 7) is 3.97. The van der Waals surface area contributed by atoms with E-state index in [0.717, 1.165) is 6.42 Å². The Morgan fingerprint density at radius 1 is 1.60 bits per heavy atom. The lowest BCUT2D eigenvalue weighted by molar-refractivity contribution is -0.459. The smallest absolute Gasteiger partial charge is 0.308 e. The molecule has 0 spiro atoms. The third-order valence-corrected chi connectivity index (χ3v) is 2.41. The van der Waals surface area contributed by atoms with Gasteiger partial charge in [-0.25, -0.2) is 9.78 Å². The maximum Gasteiger partial charge on any atom is 0.308 e. The number of hydrogen-bond acceptors (Lipinski definition) is 5. The Kier molecular flexibility index (Phi) is 4.50. The van der Waals surface area contributed by atoms with Crippen LogP contribution in [-0.2, 0) is 24.0 Å². The van der Waals surface area contributed by atoms with Crippen LogP contribution < -0.4 is 0 Å². The normalized spacial score (nSPS) is 31.3. The lowest BCUT2D eigenvalue weighted by Crippen LogP contribution is -2.39. The van der Waals surface area contributed by atoms with Gasteiger partial charge in [-0.15, -0.1) is 0 Å². The number of hydrogen-bond donors (Lipinski definition) is 0. The van der Waals surface area contributed by atoms with Crippen LogP contribution in [-0.4, -0.2) is 31.6 Å². The molecular weight excluding hydrogens is 200 g/mol. The molecular formula is C10H18O5. The van der Waals surface area contributed by atoms with Gasteiger partial charge in [-0.1, -0.05) is 0 Å². The molecule has 0 amide bonds. The van der Waals surface area contributed by atoms with Crippen LogP contribution >= 0.6 is 0 Å². The van der Waals surface area contributed by atoms with Gasteiger partial charge < -0.3 is 9.47 Å². The van der Waals surface area contributed by atoms with E-state index in [1.54, 1.807) is 21.0 Å². The van der Waals surface area contributed by atoms with Crippen molar-refractivity contribution in [1.29, 1.82) is 0 Å². The number of carbonyl (C=O) groups is 1. The molecule has 0 aliphatic carbocycles. The molecule has 0 aromatic carbocycles. The van der Waals surface area contributed by atoms with Crippen LogP contribution in [0.1, 0.15) is 33.1 Å². The van der Waals surface area contributed by atoms with Crippen molar-refractivity contribution in [2.75, 3.05) is 13.7 Å². The average molecular weight is 218 g/mol. The van der Waals surface area contributed by atoms with E-state index in [1.165, 1.54) is 0 Å². The highest BCUT2D eigenvalue weighted by Gasteiger charge is 2.34. The largest absolute Gasteiger partial charge is 0.466 e. The standard InChI is InChI=1S/C10H18O5/c1-4-13-9(11)7-8-5-6-10(2,12-3)15-14-8/h8H,4-7H2,1-3H3. The Morgan fingerprint density at radius 2 is 2.33 bits per heavy atom. The second kappa shape index (κ2) is 5.44. The van der Waals surface area contributed by atoms with E-state index in [9.17, 15) is 4.79 Å². The zero-order valence-electron chi connectivity index (χ0n) is 9.45. The van der Waals surface area contributed by atoms with Gasteiger partial charge in [-0.3, -0.25) is 4.79 Å². The van der Waals surface area contributed by atoms with Crippen molar-refractivity contribution < 1.29 is 24.0 Å². The lowest BCUT2D eigenvalue weighted by atomic mass is 10.1. The Bertz CT molecular complexity index is 208. The first-order valence-corrected chi connectivity index (χ1v) is 5.15. The van der Waals surface area contributed by atoms with Crippen molar-refractivity contribution in [3.63, 3.8) is 0 Å². The zero-order chi connectivity index (χ0) is 11.3. The maximum atomic E-state index is 11.2. The minimum absolute atomic E-state index is 0.229. The van der Waals surface area contributed by atoms with Crippen molar-refractivity contribution in [1.82, 2.24) is 0 Å². The second-order valence-electron chi connectivity index (χ2n) is 3.69. The third-order valence-electron chi connectivity index (χ3n) is 2.41. The summed E-state index contributed by atoms with van der Waals surface area (Å²) in [5.41, 5.74) is 0. The number of carbonyl (C=O) groups excluding carboxylic acids is 1. The average Bonchev–Trinajstić information content (AvgIpc) is 2.22. The Balaban J connectivity index is 2.28. The van der Waals surface area contributed by atoms with Gasteiger partial charge in [-0.2, -0.15) is 0 Å². The molecule has 1 rings (SSSR count). The number of ether oxygens (including phenoxy) is 2. The van der Waals surface area contributed by atoms with Gasteiger partial charge in [0.1, 0.15) is 6.10 Å². The molecule has 1 heterocycles. The molecule has 0 aromatic rings. The molecule has 1 fully saturated rings. The molecule has 2 unspecified atom stereocenters. The van der Waals surface area contributed by atoms with Crippen molar-refractivity contribution in [3.05, 3.63) is 0 Å². The summed E-state index contributed by atoms with van der Waals surface area (Å²) >= 11 is 0. The maximum absolute atomic E-state index is 11.2. The van der Waals surface area contributed by atoms with E-state index < -0.39 is 5.79 Å².